The fraction of sp³-hybridized carbons (Fsp3) is 0.118. The van der Waals surface area contributed by atoms with Crippen LogP contribution in [0.1, 0.15) is 5.69 Å². The minimum Gasteiger partial charge on any atom is -0.497 e. The van der Waals surface area contributed by atoms with Gasteiger partial charge in [0, 0.05) is 17.8 Å². The fourth-order valence-electron chi connectivity index (χ4n) is 2.10. The molecule has 1 aromatic carbocycles. The summed E-state index contributed by atoms with van der Waals surface area (Å²) in [6.07, 6.45) is 1.73. The fourth-order valence-corrected chi connectivity index (χ4v) is 2.10. The van der Waals surface area contributed by atoms with Gasteiger partial charge in [-0.25, -0.2) is 4.98 Å². The first-order valence-electron chi connectivity index (χ1n) is 7.05. The van der Waals surface area contributed by atoms with Crippen LogP contribution in [0.5, 0.6) is 5.75 Å². The number of pyridine rings is 1. The van der Waals surface area contributed by atoms with E-state index in [4.69, 9.17) is 9.26 Å². The molecule has 0 spiro atoms. The normalized spacial score (nSPS) is 10.3. The Balaban J connectivity index is 1.68. The van der Waals surface area contributed by atoms with Gasteiger partial charge in [0.1, 0.15) is 11.6 Å². The number of anilines is 1. The Morgan fingerprint density at radius 3 is 2.91 bits per heavy atom. The molecular weight excluding hydrogens is 294 g/mol. The Morgan fingerprint density at radius 1 is 1.22 bits per heavy atom. The van der Waals surface area contributed by atoms with Crippen molar-refractivity contribution >= 4 is 11.7 Å². The van der Waals surface area contributed by atoms with Crippen molar-refractivity contribution in [3.05, 3.63) is 60.4 Å². The zero-order valence-electron chi connectivity index (χ0n) is 12.5. The highest BCUT2D eigenvalue weighted by Gasteiger charge is 2.11. The van der Waals surface area contributed by atoms with Crippen molar-refractivity contribution < 1.29 is 14.1 Å². The maximum Gasteiger partial charge on any atom is 0.231 e. The van der Waals surface area contributed by atoms with Gasteiger partial charge in [-0.1, -0.05) is 23.4 Å². The highest BCUT2D eigenvalue weighted by Crippen LogP contribution is 2.24. The van der Waals surface area contributed by atoms with E-state index in [1.54, 1.807) is 37.6 Å². The number of ether oxygens (including phenoxy) is 1. The number of carbonyl (C=O) groups is 1. The maximum atomic E-state index is 12.0. The summed E-state index contributed by atoms with van der Waals surface area (Å²) >= 11 is 0. The molecule has 23 heavy (non-hydrogen) atoms. The summed E-state index contributed by atoms with van der Waals surface area (Å²) in [4.78, 5) is 16.0. The number of carbonyl (C=O) groups excluding carboxylic acids is 1. The van der Waals surface area contributed by atoms with E-state index in [1.807, 2.05) is 24.3 Å². The van der Waals surface area contributed by atoms with Crippen molar-refractivity contribution in [1.29, 1.82) is 0 Å². The summed E-state index contributed by atoms with van der Waals surface area (Å²) in [7, 11) is 1.60. The maximum absolute atomic E-state index is 12.0. The molecule has 6 nitrogen and oxygen atoms in total. The molecule has 1 N–H and O–H groups in total. The molecule has 0 bridgehead atoms. The lowest BCUT2D eigenvalue weighted by Crippen LogP contribution is -2.15. The second-order valence-electron chi connectivity index (χ2n) is 4.85. The highest BCUT2D eigenvalue weighted by molar-refractivity contribution is 5.91. The topological polar surface area (TPSA) is 77.2 Å². The summed E-state index contributed by atoms with van der Waals surface area (Å²) in [6.45, 7) is 0. The molecule has 0 radical (unpaired) electrons. The third-order valence-corrected chi connectivity index (χ3v) is 3.19. The average molecular weight is 309 g/mol. The summed E-state index contributed by atoms with van der Waals surface area (Å²) in [6, 6.07) is 14.5. The van der Waals surface area contributed by atoms with Gasteiger partial charge in [-0.05, 0) is 24.3 Å². The van der Waals surface area contributed by atoms with Crippen LogP contribution in [0, 0.1) is 0 Å². The molecule has 6 heteroatoms. The van der Waals surface area contributed by atoms with Gasteiger partial charge in [0.25, 0.3) is 0 Å². The average Bonchev–Trinajstić information content (AvgIpc) is 3.04. The smallest absolute Gasteiger partial charge is 0.231 e. The van der Waals surface area contributed by atoms with Crippen LogP contribution in [0.25, 0.3) is 11.3 Å². The molecule has 0 saturated carbocycles. The van der Waals surface area contributed by atoms with E-state index < -0.39 is 0 Å². The minimum atomic E-state index is -0.200. The monoisotopic (exact) mass is 309 g/mol. The van der Waals surface area contributed by atoms with Crippen molar-refractivity contribution in [3.8, 4) is 17.1 Å². The zero-order chi connectivity index (χ0) is 16.1. The molecular formula is C17H15N3O3. The van der Waals surface area contributed by atoms with E-state index in [0.29, 0.717) is 17.3 Å². The molecule has 1 amide bonds. The Bertz CT molecular complexity index is 800. The van der Waals surface area contributed by atoms with Gasteiger partial charge in [-0.3, -0.25) is 4.79 Å². The van der Waals surface area contributed by atoms with Gasteiger partial charge in [-0.15, -0.1) is 0 Å². The van der Waals surface area contributed by atoms with E-state index >= 15 is 0 Å². The molecule has 0 atom stereocenters. The molecule has 3 rings (SSSR count). The number of methoxy groups -OCH3 is 1. The quantitative estimate of drug-likeness (QED) is 0.784. The van der Waals surface area contributed by atoms with Crippen LogP contribution in [-0.4, -0.2) is 23.2 Å². The summed E-state index contributed by atoms with van der Waals surface area (Å²) in [5, 5.41) is 6.64. The third kappa shape index (κ3) is 3.74. The second-order valence-corrected chi connectivity index (χ2v) is 4.85. The number of nitrogens with zero attached hydrogens (tertiary/aromatic N) is 2. The first-order valence-corrected chi connectivity index (χ1v) is 7.05. The van der Waals surface area contributed by atoms with Gasteiger partial charge in [0.05, 0.1) is 19.2 Å². The van der Waals surface area contributed by atoms with Gasteiger partial charge in [0.2, 0.25) is 5.91 Å². The number of rotatable bonds is 5. The second kappa shape index (κ2) is 6.74. The number of hydrogen-bond donors (Lipinski definition) is 1. The van der Waals surface area contributed by atoms with E-state index in [9.17, 15) is 4.79 Å². The van der Waals surface area contributed by atoms with Crippen molar-refractivity contribution in [2.75, 3.05) is 12.4 Å². The molecule has 0 saturated heterocycles. The number of aromatic nitrogens is 2. The van der Waals surface area contributed by atoms with E-state index in [0.717, 1.165) is 11.3 Å². The van der Waals surface area contributed by atoms with Crippen LogP contribution in [-0.2, 0) is 11.2 Å². The van der Waals surface area contributed by atoms with Crippen molar-refractivity contribution in [1.82, 2.24) is 10.1 Å². The molecule has 0 aliphatic heterocycles. The van der Waals surface area contributed by atoms with Gasteiger partial charge in [-0.2, -0.15) is 0 Å². The predicted octanol–water partition coefficient (Wildman–Crippen LogP) is 2.93. The Labute approximate surface area is 133 Å². The van der Waals surface area contributed by atoms with Gasteiger partial charge < -0.3 is 14.6 Å². The molecule has 0 fully saturated rings. The van der Waals surface area contributed by atoms with Crippen LogP contribution < -0.4 is 10.1 Å². The van der Waals surface area contributed by atoms with Crippen molar-refractivity contribution in [2.45, 2.75) is 6.42 Å². The molecule has 0 unspecified atom stereocenters. The number of hydrogen-bond acceptors (Lipinski definition) is 5. The Kier molecular flexibility index (Phi) is 4.33. The largest absolute Gasteiger partial charge is 0.497 e. The molecule has 0 aliphatic rings. The van der Waals surface area contributed by atoms with E-state index in [2.05, 4.69) is 15.5 Å². The van der Waals surface area contributed by atoms with E-state index in [-0.39, 0.29) is 12.3 Å². The molecule has 0 aliphatic carbocycles. The Hall–Kier alpha value is -3.15. The van der Waals surface area contributed by atoms with Gasteiger partial charge in [0.15, 0.2) is 5.76 Å². The first-order chi connectivity index (χ1) is 11.2. The Morgan fingerprint density at radius 2 is 2.13 bits per heavy atom. The minimum absolute atomic E-state index is 0.115. The third-order valence-electron chi connectivity index (χ3n) is 3.19. The molecule has 2 heterocycles. The number of nitrogens with one attached hydrogen (secondary N) is 1. The summed E-state index contributed by atoms with van der Waals surface area (Å²) in [5.41, 5.74) is 1.39. The lowest BCUT2D eigenvalue weighted by Gasteiger charge is -2.01. The molecule has 116 valence electrons. The summed E-state index contributed by atoms with van der Waals surface area (Å²) < 4.78 is 10.5. The van der Waals surface area contributed by atoms with Gasteiger partial charge >= 0.3 is 0 Å². The number of benzene rings is 1. The van der Waals surface area contributed by atoms with Crippen LogP contribution in [0.4, 0.5) is 5.82 Å². The van der Waals surface area contributed by atoms with Crippen LogP contribution >= 0.6 is 0 Å². The van der Waals surface area contributed by atoms with Crippen LogP contribution in [0.3, 0.4) is 0 Å². The number of amides is 1. The summed E-state index contributed by atoms with van der Waals surface area (Å²) in [5.74, 6) is 1.63. The molecule has 2 aromatic heterocycles. The highest BCUT2D eigenvalue weighted by atomic mass is 16.5. The standard InChI is InChI=1S/C17H15N3O3/c1-22-14-6-4-5-12(9-14)15-10-13(20-23-15)11-17(21)19-16-7-2-3-8-18-16/h2-10H,11H2,1H3,(H,18,19,21). The lowest BCUT2D eigenvalue weighted by atomic mass is 10.1. The predicted molar refractivity (Wildman–Crippen MR) is 85.1 cm³/mol. The molecule has 3 aromatic rings. The SMILES string of the molecule is COc1cccc(-c2cc(CC(=O)Nc3ccccn3)no2)c1. The van der Waals surface area contributed by atoms with Crippen molar-refractivity contribution in [2.24, 2.45) is 0 Å². The van der Waals surface area contributed by atoms with Crippen LogP contribution in [0.15, 0.2) is 59.3 Å². The zero-order valence-corrected chi connectivity index (χ0v) is 12.5. The lowest BCUT2D eigenvalue weighted by molar-refractivity contribution is -0.115. The van der Waals surface area contributed by atoms with Crippen molar-refractivity contribution in [3.63, 3.8) is 0 Å². The van der Waals surface area contributed by atoms with Crippen LogP contribution in [0.2, 0.25) is 0 Å². The first kappa shape index (κ1) is 14.8. The van der Waals surface area contributed by atoms with E-state index in [1.165, 1.54) is 0 Å².